The maximum Gasteiger partial charge on any atom is 0.233 e. The molecule has 1 aromatic heterocycles. The first-order chi connectivity index (χ1) is 11.0. The molecule has 0 bridgehead atoms. The molecule has 7 heteroatoms. The normalized spacial score (nSPS) is 15.4. The number of thioether (sulfide) groups is 1. The molecule has 0 saturated heterocycles. The van der Waals surface area contributed by atoms with Crippen LogP contribution in [0.5, 0.6) is 0 Å². The van der Waals surface area contributed by atoms with E-state index in [-0.39, 0.29) is 17.0 Å². The Morgan fingerprint density at radius 1 is 1.39 bits per heavy atom. The second-order valence-electron chi connectivity index (χ2n) is 5.78. The molecular weight excluding hydrogens is 315 g/mol. The fourth-order valence-electron chi connectivity index (χ4n) is 2.27. The summed E-state index contributed by atoms with van der Waals surface area (Å²) < 4.78 is 14.8. The highest BCUT2D eigenvalue weighted by Crippen LogP contribution is 2.39. The largest absolute Gasteiger partial charge is 0.351 e. The van der Waals surface area contributed by atoms with Crippen molar-refractivity contribution in [3.8, 4) is 0 Å². The van der Waals surface area contributed by atoms with Gasteiger partial charge >= 0.3 is 0 Å². The summed E-state index contributed by atoms with van der Waals surface area (Å²) in [5.74, 6) is 1.18. The molecule has 0 spiro atoms. The van der Waals surface area contributed by atoms with Gasteiger partial charge in [0.15, 0.2) is 5.16 Å². The summed E-state index contributed by atoms with van der Waals surface area (Å²) in [6.45, 7) is 2.23. The first kappa shape index (κ1) is 16.0. The molecule has 0 radical (unpaired) electrons. The van der Waals surface area contributed by atoms with Gasteiger partial charge < -0.3 is 9.88 Å². The van der Waals surface area contributed by atoms with Gasteiger partial charge in [0.1, 0.15) is 11.6 Å². The minimum absolute atomic E-state index is 0.0738. The number of amides is 1. The van der Waals surface area contributed by atoms with Crippen LogP contribution in [0.4, 0.5) is 4.39 Å². The molecule has 1 saturated carbocycles. The Morgan fingerprint density at radius 2 is 2.09 bits per heavy atom. The lowest BCUT2D eigenvalue weighted by Crippen LogP contribution is -2.30. The number of halogens is 1. The molecule has 23 heavy (non-hydrogen) atoms. The van der Waals surface area contributed by atoms with Crippen LogP contribution in [-0.2, 0) is 18.4 Å². The monoisotopic (exact) mass is 334 g/mol. The third-order valence-corrected chi connectivity index (χ3v) is 4.98. The topological polar surface area (TPSA) is 59.8 Å². The average molecular weight is 334 g/mol. The molecule has 3 rings (SSSR count). The number of hydrogen-bond acceptors (Lipinski definition) is 4. The van der Waals surface area contributed by atoms with E-state index in [1.807, 2.05) is 18.5 Å². The van der Waals surface area contributed by atoms with Gasteiger partial charge in [-0.2, -0.15) is 0 Å². The van der Waals surface area contributed by atoms with Crippen molar-refractivity contribution in [1.82, 2.24) is 20.1 Å². The van der Waals surface area contributed by atoms with Gasteiger partial charge in [-0.25, -0.2) is 4.39 Å². The predicted molar refractivity (Wildman–Crippen MR) is 86.5 cm³/mol. The first-order valence-corrected chi connectivity index (χ1v) is 8.50. The Labute approximate surface area is 138 Å². The summed E-state index contributed by atoms with van der Waals surface area (Å²) >= 11 is 1.40. The quantitative estimate of drug-likeness (QED) is 0.825. The number of benzene rings is 1. The van der Waals surface area contributed by atoms with E-state index >= 15 is 0 Å². The highest BCUT2D eigenvalue weighted by atomic mass is 32.2. The van der Waals surface area contributed by atoms with Crippen molar-refractivity contribution in [2.75, 3.05) is 0 Å². The number of hydrogen-bond donors (Lipinski definition) is 1. The van der Waals surface area contributed by atoms with E-state index in [0.29, 0.717) is 12.5 Å². The van der Waals surface area contributed by atoms with E-state index in [4.69, 9.17) is 0 Å². The minimum atomic E-state index is -0.280. The van der Waals surface area contributed by atoms with Gasteiger partial charge in [-0.05, 0) is 37.5 Å². The maximum absolute atomic E-state index is 12.9. The molecule has 122 valence electrons. The van der Waals surface area contributed by atoms with Crippen molar-refractivity contribution in [3.63, 3.8) is 0 Å². The van der Waals surface area contributed by atoms with Crippen LogP contribution in [0, 0.1) is 5.82 Å². The minimum Gasteiger partial charge on any atom is -0.351 e. The summed E-state index contributed by atoms with van der Waals surface area (Å²) in [4.78, 5) is 12.2. The standard InChI is InChI=1S/C16H19FN4OS/c1-10(15(22)18-9-11-3-7-13(17)8-4-11)23-16-20-19-14(21(16)2)12-5-6-12/h3-4,7-8,10,12H,5-6,9H2,1-2H3,(H,18,22)/t10-/m1/s1. The SMILES string of the molecule is C[C@@H](Sc1nnc(C2CC2)n1C)C(=O)NCc1ccc(F)cc1. The van der Waals surface area contributed by atoms with Crippen LogP contribution < -0.4 is 5.32 Å². The van der Waals surface area contributed by atoms with Crippen LogP contribution in [0.3, 0.4) is 0 Å². The van der Waals surface area contributed by atoms with Crippen molar-refractivity contribution in [2.24, 2.45) is 7.05 Å². The van der Waals surface area contributed by atoms with Gasteiger partial charge in [0.25, 0.3) is 0 Å². The van der Waals surface area contributed by atoms with Crippen molar-refractivity contribution >= 4 is 17.7 Å². The molecule has 1 N–H and O–H groups in total. The summed E-state index contributed by atoms with van der Waals surface area (Å²) in [6.07, 6.45) is 2.34. The van der Waals surface area contributed by atoms with Gasteiger partial charge in [0, 0.05) is 19.5 Å². The van der Waals surface area contributed by atoms with Crippen molar-refractivity contribution in [2.45, 2.75) is 42.6 Å². The van der Waals surface area contributed by atoms with Crippen LogP contribution >= 0.6 is 11.8 Å². The van der Waals surface area contributed by atoms with Gasteiger partial charge in [-0.1, -0.05) is 23.9 Å². The smallest absolute Gasteiger partial charge is 0.233 e. The number of carbonyl (C=O) groups excluding carboxylic acids is 1. The van der Waals surface area contributed by atoms with E-state index in [1.165, 1.54) is 36.7 Å². The Bertz CT molecular complexity index is 697. The zero-order valence-electron chi connectivity index (χ0n) is 13.1. The Kier molecular flexibility index (Phi) is 4.66. The maximum atomic E-state index is 12.9. The molecule has 1 aliphatic rings. The highest BCUT2D eigenvalue weighted by molar-refractivity contribution is 8.00. The van der Waals surface area contributed by atoms with E-state index in [2.05, 4.69) is 15.5 Å². The number of nitrogens with one attached hydrogen (secondary N) is 1. The van der Waals surface area contributed by atoms with Gasteiger partial charge in [0.05, 0.1) is 5.25 Å². The van der Waals surface area contributed by atoms with Gasteiger partial charge in [-0.3, -0.25) is 4.79 Å². The van der Waals surface area contributed by atoms with Crippen molar-refractivity contribution < 1.29 is 9.18 Å². The highest BCUT2D eigenvalue weighted by Gasteiger charge is 2.30. The zero-order chi connectivity index (χ0) is 16.4. The fourth-order valence-corrected chi connectivity index (χ4v) is 3.12. The second-order valence-corrected chi connectivity index (χ2v) is 7.09. The molecule has 1 aliphatic carbocycles. The molecule has 1 amide bonds. The van der Waals surface area contributed by atoms with Gasteiger partial charge in [-0.15, -0.1) is 10.2 Å². The molecule has 1 fully saturated rings. The number of nitrogens with zero attached hydrogens (tertiary/aromatic N) is 3. The first-order valence-electron chi connectivity index (χ1n) is 7.62. The molecule has 2 aromatic rings. The number of aromatic nitrogens is 3. The van der Waals surface area contributed by atoms with Crippen LogP contribution in [0.1, 0.15) is 37.1 Å². The summed E-state index contributed by atoms with van der Waals surface area (Å²) in [5.41, 5.74) is 0.867. The van der Waals surface area contributed by atoms with E-state index in [1.54, 1.807) is 12.1 Å². The number of rotatable bonds is 6. The van der Waals surface area contributed by atoms with E-state index < -0.39 is 0 Å². The van der Waals surface area contributed by atoms with Gasteiger partial charge in [0.2, 0.25) is 5.91 Å². The molecule has 1 aromatic carbocycles. The zero-order valence-corrected chi connectivity index (χ0v) is 13.9. The third-order valence-electron chi connectivity index (χ3n) is 3.84. The summed E-state index contributed by atoms with van der Waals surface area (Å²) in [5, 5.41) is 11.7. The molecular formula is C16H19FN4OS. The second kappa shape index (κ2) is 6.70. The molecule has 5 nitrogen and oxygen atoms in total. The van der Waals surface area contributed by atoms with Crippen molar-refractivity contribution in [3.05, 3.63) is 41.5 Å². The molecule has 1 atom stereocenters. The Hall–Kier alpha value is -1.89. The molecule has 0 aliphatic heterocycles. The lowest BCUT2D eigenvalue weighted by molar-refractivity contribution is -0.120. The van der Waals surface area contributed by atoms with Crippen LogP contribution in [-0.4, -0.2) is 25.9 Å². The number of carbonyl (C=O) groups is 1. The average Bonchev–Trinajstić information content (AvgIpc) is 3.32. The van der Waals surface area contributed by atoms with E-state index in [0.717, 1.165) is 16.5 Å². The fraction of sp³-hybridized carbons (Fsp3) is 0.438. The molecule has 0 unspecified atom stereocenters. The predicted octanol–water partition coefficient (Wildman–Crippen LogP) is 2.63. The Balaban J connectivity index is 1.54. The Morgan fingerprint density at radius 3 is 2.74 bits per heavy atom. The lowest BCUT2D eigenvalue weighted by Gasteiger charge is -2.11. The lowest BCUT2D eigenvalue weighted by atomic mass is 10.2. The van der Waals surface area contributed by atoms with Crippen molar-refractivity contribution in [1.29, 1.82) is 0 Å². The summed E-state index contributed by atoms with van der Waals surface area (Å²) in [6, 6.07) is 6.10. The van der Waals surface area contributed by atoms with Crippen LogP contribution in [0.15, 0.2) is 29.4 Å². The van der Waals surface area contributed by atoms with Crippen LogP contribution in [0.2, 0.25) is 0 Å². The molecule has 1 heterocycles. The third kappa shape index (κ3) is 3.90. The summed E-state index contributed by atoms with van der Waals surface area (Å²) in [7, 11) is 1.94. The van der Waals surface area contributed by atoms with E-state index in [9.17, 15) is 9.18 Å². The van der Waals surface area contributed by atoms with Crippen LogP contribution in [0.25, 0.3) is 0 Å².